The summed E-state index contributed by atoms with van der Waals surface area (Å²) in [6.45, 7) is 1.04. The van der Waals surface area contributed by atoms with Crippen molar-refractivity contribution in [2.75, 3.05) is 6.61 Å². The van der Waals surface area contributed by atoms with Crippen LogP contribution < -0.4 is 4.74 Å². The van der Waals surface area contributed by atoms with Crippen LogP contribution in [0.25, 0.3) is 6.08 Å². The number of benzene rings is 1. The number of imidazole rings is 1. The highest BCUT2D eigenvalue weighted by Crippen LogP contribution is 2.24. The molecule has 110 valence electrons. The highest BCUT2D eigenvalue weighted by molar-refractivity contribution is 5.85. The second kappa shape index (κ2) is 7.23. The minimum atomic E-state index is -1.09. The number of aliphatic carboxylic acids is 1. The normalized spacial score (nSPS) is 10.9. The van der Waals surface area contributed by atoms with Gasteiger partial charge in [0.15, 0.2) is 11.6 Å². The summed E-state index contributed by atoms with van der Waals surface area (Å²) in [5, 5.41) is 8.62. The maximum atomic E-state index is 13.8. The van der Waals surface area contributed by atoms with Crippen molar-refractivity contribution < 1.29 is 19.0 Å². The molecular weight excluding hydrogens is 275 g/mol. The molecule has 5 nitrogen and oxygen atoms in total. The zero-order valence-electron chi connectivity index (χ0n) is 11.3. The fourth-order valence-electron chi connectivity index (χ4n) is 1.81. The first-order valence-corrected chi connectivity index (χ1v) is 6.45. The van der Waals surface area contributed by atoms with Crippen LogP contribution in [0.1, 0.15) is 12.0 Å². The maximum absolute atomic E-state index is 13.8. The van der Waals surface area contributed by atoms with E-state index in [1.807, 2.05) is 10.8 Å². The molecule has 0 spiro atoms. The van der Waals surface area contributed by atoms with Crippen LogP contribution >= 0.6 is 0 Å². The van der Waals surface area contributed by atoms with Gasteiger partial charge in [0.1, 0.15) is 0 Å². The van der Waals surface area contributed by atoms with E-state index in [2.05, 4.69) is 4.98 Å². The van der Waals surface area contributed by atoms with Gasteiger partial charge in [-0.2, -0.15) is 0 Å². The van der Waals surface area contributed by atoms with Gasteiger partial charge in [-0.3, -0.25) is 0 Å². The molecule has 0 aliphatic carbocycles. The summed E-state index contributed by atoms with van der Waals surface area (Å²) in [6.07, 6.45) is 8.18. The number of halogens is 1. The maximum Gasteiger partial charge on any atom is 0.328 e. The quantitative estimate of drug-likeness (QED) is 0.629. The molecule has 0 bridgehead atoms. The largest absolute Gasteiger partial charge is 0.490 e. The average molecular weight is 290 g/mol. The van der Waals surface area contributed by atoms with E-state index in [-0.39, 0.29) is 5.75 Å². The number of para-hydroxylation sites is 1. The monoisotopic (exact) mass is 290 g/mol. The number of hydrogen-bond donors (Lipinski definition) is 1. The van der Waals surface area contributed by atoms with Crippen molar-refractivity contribution in [3.8, 4) is 5.75 Å². The Labute approximate surface area is 121 Å². The van der Waals surface area contributed by atoms with Crippen LogP contribution in [0.15, 0.2) is 43.0 Å². The van der Waals surface area contributed by atoms with E-state index in [1.165, 1.54) is 18.2 Å². The number of ether oxygens (including phenoxy) is 1. The molecule has 2 rings (SSSR count). The number of carbonyl (C=O) groups is 1. The summed E-state index contributed by atoms with van der Waals surface area (Å²) >= 11 is 0. The molecule has 0 fully saturated rings. The average Bonchev–Trinajstić information content (AvgIpc) is 2.96. The van der Waals surface area contributed by atoms with Gasteiger partial charge in [0.25, 0.3) is 0 Å². The van der Waals surface area contributed by atoms with Crippen molar-refractivity contribution in [2.24, 2.45) is 0 Å². The third-order valence-corrected chi connectivity index (χ3v) is 2.77. The van der Waals surface area contributed by atoms with Crippen LogP contribution in [0.4, 0.5) is 4.39 Å². The van der Waals surface area contributed by atoms with Gasteiger partial charge in [0.05, 0.1) is 12.9 Å². The van der Waals surface area contributed by atoms with Gasteiger partial charge in [-0.25, -0.2) is 14.2 Å². The first-order valence-electron chi connectivity index (χ1n) is 6.45. The van der Waals surface area contributed by atoms with Crippen LogP contribution in [0.5, 0.6) is 5.75 Å². The molecule has 0 saturated carbocycles. The van der Waals surface area contributed by atoms with E-state index in [0.29, 0.717) is 18.6 Å². The van der Waals surface area contributed by atoms with Crippen molar-refractivity contribution in [1.29, 1.82) is 0 Å². The van der Waals surface area contributed by atoms with Gasteiger partial charge in [0, 0.05) is 30.6 Å². The van der Waals surface area contributed by atoms with E-state index in [1.54, 1.807) is 18.6 Å². The Hall–Kier alpha value is -2.63. The number of aromatic nitrogens is 2. The molecule has 0 saturated heterocycles. The molecule has 1 N–H and O–H groups in total. The molecule has 0 amide bonds. The summed E-state index contributed by atoms with van der Waals surface area (Å²) in [5.74, 6) is -1.53. The lowest BCUT2D eigenvalue weighted by Gasteiger charge is -2.10. The first-order chi connectivity index (χ1) is 10.2. The Bertz CT molecular complexity index is 624. The van der Waals surface area contributed by atoms with Crippen LogP contribution in [-0.2, 0) is 11.3 Å². The molecule has 0 unspecified atom stereocenters. The van der Waals surface area contributed by atoms with Crippen molar-refractivity contribution in [3.05, 3.63) is 54.4 Å². The number of rotatable bonds is 7. The zero-order chi connectivity index (χ0) is 15.1. The summed E-state index contributed by atoms with van der Waals surface area (Å²) in [5.41, 5.74) is 0.403. The summed E-state index contributed by atoms with van der Waals surface area (Å²) < 4.78 is 21.1. The van der Waals surface area contributed by atoms with E-state index in [4.69, 9.17) is 9.84 Å². The third kappa shape index (κ3) is 4.45. The van der Waals surface area contributed by atoms with Crippen molar-refractivity contribution in [1.82, 2.24) is 9.55 Å². The standard InChI is InChI=1S/C15H15FN2O3/c16-13-4-1-3-12(5-6-14(19)20)15(13)21-10-2-8-18-9-7-17-11-18/h1,3-7,9,11H,2,8,10H2,(H,19,20)/b6-5+. The number of hydrogen-bond acceptors (Lipinski definition) is 3. The minimum Gasteiger partial charge on any atom is -0.490 e. The lowest BCUT2D eigenvalue weighted by atomic mass is 10.2. The molecular formula is C15H15FN2O3. The van der Waals surface area contributed by atoms with Gasteiger partial charge in [0.2, 0.25) is 0 Å². The van der Waals surface area contributed by atoms with Crippen molar-refractivity contribution in [2.45, 2.75) is 13.0 Å². The molecule has 0 aliphatic rings. The van der Waals surface area contributed by atoms with Crippen molar-refractivity contribution in [3.63, 3.8) is 0 Å². The fraction of sp³-hybridized carbons (Fsp3) is 0.200. The van der Waals surface area contributed by atoms with Gasteiger partial charge in [-0.1, -0.05) is 12.1 Å². The SMILES string of the molecule is O=C(O)/C=C/c1cccc(F)c1OCCCn1ccnc1. The molecule has 1 aromatic heterocycles. The molecule has 1 heterocycles. The molecule has 0 aliphatic heterocycles. The Morgan fingerprint density at radius 3 is 3.05 bits per heavy atom. The number of carboxylic acid groups (broad SMARTS) is 1. The Kier molecular flexibility index (Phi) is 5.09. The molecule has 0 radical (unpaired) electrons. The number of aryl methyl sites for hydroxylation is 1. The van der Waals surface area contributed by atoms with Gasteiger partial charge >= 0.3 is 5.97 Å². The fourth-order valence-corrected chi connectivity index (χ4v) is 1.81. The van der Waals surface area contributed by atoms with Crippen LogP contribution in [0, 0.1) is 5.82 Å². The van der Waals surface area contributed by atoms with E-state index >= 15 is 0 Å². The number of nitrogens with zero attached hydrogens (tertiary/aromatic N) is 2. The highest BCUT2D eigenvalue weighted by atomic mass is 19.1. The first kappa shape index (κ1) is 14.8. The molecule has 6 heteroatoms. The van der Waals surface area contributed by atoms with E-state index in [0.717, 1.165) is 12.6 Å². The highest BCUT2D eigenvalue weighted by Gasteiger charge is 2.08. The predicted octanol–water partition coefficient (Wildman–Crippen LogP) is 2.59. The summed E-state index contributed by atoms with van der Waals surface area (Å²) in [7, 11) is 0. The molecule has 0 atom stereocenters. The molecule has 2 aromatic rings. The number of carboxylic acids is 1. The lowest BCUT2D eigenvalue weighted by Crippen LogP contribution is -2.05. The van der Waals surface area contributed by atoms with E-state index < -0.39 is 11.8 Å². The van der Waals surface area contributed by atoms with E-state index in [9.17, 15) is 9.18 Å². The molecule has 1 aromatic carbocycles. The zero-order valence-corrected chi connectivity index (χ0v) is 11.3. The molecule has 21 heavy (non-hydrogen) atoms. The van der Waals surface area contributed by atoms with Crippen LogP contribution in [0.2, 0.25) is 0 Å². The smallest absolute Gasteiger partial charge is 0.328 e. The van der Waals surface area contributed by atoms with Gasteiger partial charge < -0.3 is 14.4 Å². The topological polar surface area (TPSA) is 64.3 Å². The Balaban J connectivity index is 1.96. The van der Waals surface area contributed by atoms with Crippen molar-refractivity contribution >= 4 is 12.0 Å². The minimum absolute atomic E-state index is 0.0700. The Morgan fingerprint density at radius 1 is 1.48 bits per heavy atom. The second-order valence-corrected chi connectivity index (χ2v) is 4.33. The predicted molar refractivity (Wildman–Crippen MR) is 75.4 cm³/mol. The second-order valence-electron chi connectivity index (χ2n) is 4.33. The van der Waals surface area contributed by atoms with Crippen LogP contribution in [-0.4, -0.2) is 27.2 Å². The van der Waals surface area contributed by atoms with Crippen LogP contribution in [0.3, 0.4) is 0 Å². The van der Waals surface area contributed by atoms with Gasteiger partial charge in [-0.05, 0) is 18.6 Å². The summed E-state index contributed by atoms with van der Waals surface area (Å²) in [4.78, 5) is 14.5. The lowest BCUT2D eigenvalue weighted by molar-refractivity contribution is -0.131. The van der Waals surface area contributed by atoms with Gasteiger partial charge in [-0.15, -0.1) is 0 Å². The summed E-state index contributed by atoms with van der Waals surface area (Å²) in [6, 6.07) is 4.40. The Morgan fingerprint density at radius 2 is 2.33 bits per heavy atom. The third-order valence-electron chi connectivity index (χ3n) is 2.77.